The molecule has 1 heterocycles. The zero-order chi connectivity index (χ0) is 11.6. The quantitative estimate of drug-likeness (QED) is 0.861. The van der Waals surface area contributed by atoms with Gasteiger partial charge in [0.15, 0.2) is 0 Å². The minimum absolute atomic E-state index is 0.0816. The van der Waals surface area contributed by atoms with Gasteiger partial charge >= 0.3 is 6.18 Å². The van der Waals surface area contributed by atoms with Crippen molar-refractivity contribution >= 4 is 0 Å². The fourth-order valence-corrected chi connectivity index (χ4v) is 1.50. The molecule has 1 aromatic rings. The molecule has 0 spiro atoms. The van der Waals surface area contributed by atoms with Gasteiger partial charge in [-0.3, -0.25) is 0 Å². The number of nitrogens with one attached hydrogen (secondary N) is 1. The maximum Gasteiger partial charge on any atom is 0.419 e. The van der Waals surface area contributed by atoms with E-state index in [4.69, 9.17) is 4.74 Å². The van der Waals surface area contributed by atoms with E-state index in [9.17, 15) is 13.2 Å². The van der Waals surface area contributed by atoms with Crippen LogP contribution in [0.15, 0.2) is 24.3 Å². The maximum atomic E-state index is 12.6. The minimum Gasteiger partial charge on any atom is -0.493 e. The summed E-state index contributed by atoms with van der Waals surface area (Å²) in [6.07, 6.45) is -4.35. The molecule has 2 nitrogen and oxygen atoms in total. The van der Waals surface area contributed by atoms with Crippen LogP contribution in [0.4, 0.5) is 13.2 Å². The van der Waals surface area contributed by atoms with Gasteiger partial charge in [0.1, 0.15) is 5.75 Å². The molecule has 1 aromatic carbocycles. The standard InChI is InChI=1S/C11H12F3NO/c12-11(13,14)9-3-1-2-4-10(9)16-7-8-5-15-6-8/h1-4,8,15H,5-7H2. The van der Waals surface area contributed by atoms with E-state index in [2.05, 4.69) is 5.32 Å². The van der Waals surface area contributed by atoms with Crippen molar-refractivity contribution < 1.29 is 17.9 Å². The van der Waals surface area contributed by atoms with Crippen molar-refractivity contribution in [3.8, 4) is 5.75 Å². The minimum atomic E-state index is -4.35. The summed E-state index contributed by atoms with van der Waals surface area (Å²) in [6.45, 7) is 1.96. The Hall–Kier alpha value is -1.23. The third-order valence-electron chi connectivity index (χ3n) is 2.53. The highest BCUT2D eigenvalue weighted by atomic mass is 19.4. The van der Waals surface area contributed by atoms with E-state index in [-0.39, 0.29) is 5.75 Å². The van der Waals surface area contributed by atoms with Gasteiger partial charge in [-0.05, 0) is 12.1 Å². The third-order valence-corrected chi connectivity index (χ3v) is 2.53. The van der Waals surface area contributed by atoms with Gasteiger partial charge in [0, 0.05) is 19.0 Å². The van der Waals surface area contributed by atoms with E-state index in [0.717, 1.165) is 19.2 Å². The second-order valence-electron chi connectivity index (χ2n) is 3.83. The van der Waals surface area contributed by atoms with Crippen LogP contribution in [0.2, 0.25) is 0 Å². The van der Waals surface area contributed by atoms with Gasteiger partial charge in [0.05, 0.1) is 12.2 Å². The molecule has 16 heavy (non-hydrogen) atoms. The largest absolute Gasteiger partial charge is 0.493 e. The zero-order valence-corrected chi connectivity index (χ0v) is 8.55. The van der Waals surface area contributed by atoms with Crippen LogP contribution in [0.5, 0.6) is 5.75 Å². The number of rotatable bonds is 3. The van der Waals surface area contributed by atoms with E-state index in [1.165, 1.54) is 12.1 Å². The predicted octanol–water partition coefficient (Wildman–Crippen LogP) is 2.30. The van der Waals surface area contributed by atoms with Crippen molar-refractivity contribution in [2.75, 3.05) is 19.7 Å². The second-order valence-corrected chi connectivity index (χ2v) is 3.83. The van der Waals surface area contributed by atoms with Gasteiger partial charge in [0.25, 0.3) is 0 Å². The molecule has 0 radical (unpaired) electrons. The van der Waals surface area contributed by atoms with Crippen LogP contribution < -0.4 is 10.1 Å². The highest BCUT2D eigenvalue weighted by Crippen LogP contribution is 2.36. The van der Waals surface area contributed by atoms with Gasteiger partial charge in [-0.1, -0.05) is 12.1 Å². The molecule has 1 aliphatic rings. The Labute approximate surface area is 91.4 Å². The van der Waals surface area contributed by atoms with E-state index in [0.29, 0.717) is 12.5 Å². The molecule has 1 N–H and O–H groups in total. The number of para-hydroxylation sites is 1. The number of alkyl halides is 3. The Morgan fingerprint density at radius 2 is 1.94 bits per heavy atom. The molecule has 1 saturated heterocycles. The van der Waals surface area contributed by atoms with Crippen molar-refractivity contribution in [1.29, 1.82) is 0 Å². The summed E-state index contributed by atoms with van der Waals surface area (Å²) in [5, 5.41) is 3.04. The first-order valence-electron chi connectivity index (χ1n) is 5.07. The summed E-state index contributed by atoms with van der Waals surface area (Å²) in [7, 11) is 0. The lowest BCUT2D eigenvalue weighted by Gasteiger charge is -2.27. The third kappa shape index (κ3) is 2.47. The van der Waals surface area contributed by atoms with Crippen LogP contribution in [0, 0.1) is 5.92 Å². The van der Waals surface area contributed by atoms with Gasteiger partial charge < -0.3 is 10.1 Å². The average Bonchev–Trinajstić information content (AvgIpc) is 2.14. The highest BCUT2D eigenvalue weighted by Gasteiger charge is 2.34. The molecule has 88 valence electrons. The fraction of sp³-hybridized carbons (Fsp3) is 0.455. The molecule has 0 unspecified atom stereocenters. The first-order valence-corrected chi connectivity index (χ1v) is 5.07. The summed E-state index contributed by atoms with van der Waals surface area (Å²) in [5.41, 5.74) is -0.706. The lowest BCUT2D eigenvalue weighted by molar-refractivity contribution is -0.139. The molecule has 5 heteroatoms. The van der Waals surface area contributed by atoms with Crippen LogP contribution in [-0.2, 0) is 6.18 Å². The molecule has 0 saturated carbocycles. The topological polar surface area (TPSA) is 21.3 Å². The van der Waals surface area contributed by atoms with Crippen molar-refractivity contribution in [1.82, 2.24) is 5.32 Å². The Kier molecular flexibility index (Phi) is 3.05. The zero-order valence-electron chi connectivity index (χ0n) is 8.55. The predicted molar refractivity (Wildman–Crippen MR) is 53.3 cm³/mol. The normalized spacial score (nSPS) is 16.9. The van der Waals surface area contributed by atoms with Crippen LogP contribution >= 0.6 is 0 Å². The lowest BCUT2D eigenvalue weighted by atomic mass is 10.1. The number of ether oxygens (including phenoxy) is 1. The molecule has 1 fully saturated rings. The first kappa shape index (κ1) is 11.3. The number of hydrogen-bond donors (Lipinski definition) is 1. The molecular weight excluding hydrogens is 219 g/mol. The van der Waals surface area contributed by atoms with E-state index in [1.807, 2.05) is 0 Å². The first-order chi connectivity index (χ1) is 7.57. The van der Waals surface area contributed by atoms with Crippen LogP contribution in [0.25, 0.3) is 0 Å². The van der Waals surface area contributed by atoms with Crippen molar-refractivity contribution in [3.05, 3.63) is 29.8 Å². The Balaban J connectivity index is 2.06. The molecule has 1 aliphatic heterocycles. The molecular formula is C11H12F3NO. The van der Waals surface area contributed by atoms with E-state index in [1.54, 1.807) is 6.07 Å². The molecule has 2 rings (SSSR count). The van der Waals surface area contributed by atoms with Gasteiger partial charge in [-0.25, -0.2) is 0 Å². The van der Waals surface area contributed by atoms with Crippen molar-refractivity contribution in [2.45, 2.75) is 6.18 Å². The molecule has 0 bridgehead atoms. The summed E-state index contributed by atoms with van der Waals surface area (Å²) in [6, 6.07) is 5.30. The molecule has 0 aliphatic carbocycles. The summed E-state index contributed by atoms with van der Waals surface area (Å²) in [5.74, 6) is 0.239. The van der Waals surface area contributed by atoms with E-state index >= 15 is 0 Å². The Morgan fingerprint density at radius 3 is 2.50 bits per heavy atom. The molecule has 0 amide bonds. The van der Waals surface area contributed by atoms with Gasteiger partial charge in [-0.2, -0.15) is 13.2 Å². The maximum absolute atomic E-state index is 12.6. The number of benzene rings is 1. The highest BCUT2D eigenvalue weighted by molar-refractivity contribution is 5.35. The van der Waals surface area contributed by atoms with Crippen LogP contribution in [0.1, 0.15) is 5.56 Å². The average molecular weight is 231 g/mol. The van der Waals surface area contributed by atoms with Crippen LogP contribution in [-0.4, -0.2) is 19.7 Å². The van der Waals surface area contributed by atoms with Gasteiger partial charge in [-0.15, -0.1) is 0 Å². The smallest absolute Gasteiger partial charge is 0.419 e. The molecule has 0 aromatic heterocycles. The lowest BCUT2D eigenvalue weighted by Crippen LogP contribution is -2.45. The summed E-state index contributed by atoms with van der Waals surface area (Å²) < 4.78 is 42.9. The van der Waals surface area contributed by atoms with Crippen LogP contribution in [0.3, 0.4) is 0 Å². The summed E-state index contributed by atoms with van der Waals surface area (Å²) >= 11 is 0. The summed E-state index contributed by atoms with van der Waals surface area (Å²) in [4.78, 5) is 0. The SMILES string of the molecule is FC(F)(F)c1ccccc1OCC1CNC1. The Bertz CT molecular complexity index is 360. The number of halogens is 3. The fourth-order valence-electron chi connectivity index (χ4n) is 1.50. The Morgan fingerprint density at radius 1 is 1.25 bits per heavy atom. The number of hydrogen-bond acceptors (Lipinski definition) is 2. The van der Waals surface area contributed by atoms with Gasteiger partial charge in [0.2, 0.25) is 0 Å². The second kappa shape index (κ2) is 4.33. The monoisotopic (exact) mass is 231 g/mol. The van der Waals surface area contributed by atoms with E-state index < -0.39 is 11.7 Å². The van der Waals surface area contributed by atoms with Crippen molar-refractivity contribution in [3.63, 3.8) is 0 Å². The van der Waals surface area contributed by atoms with Crippen molar-refractivity contribution in [2.24, 2.45) is 5.92 Å². The molecule has 0 atom stereocenters.